The number of methoxy groups -OCH3 is 1. The van der Waals surface area contributed by atoms with E-state index >= 15 is 0 Å². The van der Waals surface area contributed by atoms with Gasteiger partial charge in [0.25, 0.3) is 0 Å². The van der Waals surface area contributed by atoms with E-state index in [0.29, 0.717) is 12.3 Å². The minimum Gasteiger partial charge on any atom is -0.496 e. The summed E-state index contributed by atoms with van der Waals surface area (Å²) in [6.45, 7) is 0. The van der Waals surface area contributed by atoms with Crippen molar-refractivity contribution in [1.29, 1.82) is 0 Å². The second-order valence-corrected chi connectivity index (χ2v) is 5.20. The maximum atomic E-state index is 10.9. The van der Waals surface area contributed by atoms with Crippen LogP contribution in [0.15, 0.2) is 18.2 Å². The summed E-state index contributed by atoms with van der Waals surface area (Å²) in [6.07, 6.45) is 5.30. The molecule has 3 N–H and O–H groups in total. The Kier molecular flexibility index (Phi) is 4.43. The molecule has 0 aromatic heterocycles. The number of carbonyl (C=O) groups is 1. The van der Waals surface area contributed by atoms with Gasteiger partial charge in [0, 0.05) is 6.42 Å². The van der Waals surface area contributed by atoms with Crippen LogP contribution in [0.4, 0.5) is 0 Å². The van der Waals surface area contributed by atoms with Crippen molar-refractivity contribution < 1.29 is 14.6 Å². The Balaban J connectivity index is 2.22. The van der Waals surface area contributed by atoms with Gasteiger partial charge in [-0.15, -0.1) is 0 Å². The molecule has 19 heavy (non-hydrogen) atoms. The number of hydrogen-bond acceptors (Lipinski definition) is 3. The van der Waals surface area contributed by atoms with E-state index in [2.05, 4.69) is 12.1 Å². The largest absolute Gasteiger partial charge is 0.496 e. The fourth-order valence-electron chi connectivity index (χ4n) is 2.80. The molecule has 0 saturated heterocycles. The molecule has 1 aliphatic carbocycles. The molecule has 0 aliphatic heterocycles. The Morgan fingerprint density at radius 1 is 1.47 bits per heavy atom. The van der Waals surface area contributed by atoms with Gasteiger partial charge in [-0.25, -0.2) is 0 Å². The van der Waals surface area contributed by atoms with Crippen molar-refractivity contribution in [3.05, 3.63) is 29.3 Å². The number of aliphatic carboxylic acids is 1. The topological polar surface area (TPSA) is 72.5 Å². The number of nitrogens with two attached hydrogens (primary N) is 1. The third-order valence-electron chi connectivity index (χ3n) is 3.89. The van der Waals surface area contributed by atoms with Gasteiger partial charge >= 0.3 is 5.97 Å². The van der Waals surface area contributed by atoms with E-state index in [1.807, 2.05) is 6.07 Å². The van der Waals surface area contributed by atoms with Crippen LogP contribution in [-0.2, 0) is 11.2 Å². The minimum absolute atomic E-state index is 0.305. The molecule has 0 heterocycles. The standard InChI is InChI=1S/C15H21NO3/c1-19-14-7-6-11(10-4-2-3-5-10)8-12(14)9-13(16)15(17)18/h6-8,10,13H,2-5,9,16H2,1H3,(H,17,18). The van der Waals surface area contributed by atoms with Crippen LogP contribution in [0, 0.1) is 0 Å². The third kappa shape index (κ3) is 3.26. The molecular weight excluding hydrogens is 242 g/mol. The highest BCUT2D eigenvalue weighted by atomic mass is 16.5. The second kappa shape index (κ2) is 6.06. The molecule has 2 rings (SSSR count). The Hall–Kier alpha value is -1.55. The molecule has 1 atom stereocenters. The van der Waals surface area contributed by atoms with Gasteiger partial charge in [-0.1, -0.05) is 25.0 Å². The number of rotatable bonds is 5. The van der Waals surface area contributed by atoms with Gasteiger partial charge in [-0.3, -0.25) is 4.79 Å². The van der Waals surface area contributed by atoms with E-state index in [4.69, 9.17) is 15.6 Å². The van der Waals surface area contributed by atoms with E-state index < -0.39 is 12.0 Å². The fourth-order valence-corrected chi connectivity index (χ4v) is 2.80. The van der Waals surface area contributed by atoms with E-state index in [-0.39, 0.29) is 0 Å². The van der Waals surface area contributed by atoms with Crippen molar-refractivity contribution in [3.63, 3.8) is 0 Å². The van der Waals surface area contributed by atoms with Crippen molar-refractivity contribution >= 4 is 5.97 Å². The molecule has 0 bridgehead atoms. The summed E-state index contributed by atoms with van der Waals surface area (Å²) in [5, 5.41) is 8.92. The van der Waals surface area contributed by atoms with Gasteiger partial charge in [0.1, 0.15) is 11.8 Å². The van der Waals surface area contributed by atoms with E-state index in [1.165, 1.54) is 31.2 Å². The lowest BCUT2D eigenvalue weighted by Crippen LogP contribution is -2.32. The number of benzene rings is 1. The van der Waals surface area contributed by atoms with Crippen LogP contribution in [0.3, 0.4) is 0 Å². The van der Waals surface area contributed by atoms with Crippen molar-refractivity contribution in [2.24, 2.45) is 5.73 Å². The van der Waals surface area contributed by atoms with Gasteiger partial charge in [0.2, 0.25) is 0 Å². The van der Waals surface area contributed by atoms with Gasteiger partial charge in [0.15, 0.2) is 0 Å². The molecule has 104 valence electrons. The lowest BCUT2D eigenvalue weighted by molar-refractivity contribution is -0.138. The number of carboxylic acids is 1. The zero-order chi connectivity index (χ0) is 13.8. The Morgan fingerprint density at radius 2 is 2.16 bits per heavy atom. The zero-order valence-corrected chi connectivity index (χ0v) is 11.3. The first kappa shape index (κ1) is 13.9. The van der Waals surface area contributed by atoms with E-state index in [1.54, 1.807) is 7.11 Å². The van der Waals surface area contributed by atoms with Gasteiger partial charge in [-0.2, -0.15) is 0 Å². The highest BCUT2D eigenvalue weighted by molar-refractivity contribution is 5.73. The minimum atomic E-state index is -0.978. The van der Waals surface area contributed by atoms with Gasteiger partial charge in [-0.05, 0) is 36.0 Å². The highest BCUT2D eigenvalue weighted by Crippen LogP contribution is 2.36. The molecular formula is C15H21NO3. The first-order valence-corrected chi connectivity index (χ1v) is 6.77. The summed E-state index contributed by atoms with van der Waals surface area (Å²) in [5.74, 6) is 0.345. The summed E-state index contributed by atoms with van der Waals surface area (Å²) in [7, 11) is 1.60. The molecule has 4 heteroatoms. The van der Waals surface area contributed by atoms with E-state index in [0.717, 1.165) is 11.3 Å². The van der Waals surface area contributed by atoms with Crippen molar-refractivity contribution in [2.45, 2.75) is 44.1 Å². The summed E-state index contributed by atoms with van der Waals surface area (Å²) in [5.41, 5.74) is 7.79. The molecule has 1 aromatic rings. The van der Waals surface area contributed by atoms with Crippen LogP contribution in [-0.4, -0.2) is 24.2 Å². The van der Waals surface area contributed by atoms with Gasteiger partial charge in [0.05, 0.1) is 7.11 Å². The zero-order valence-electron chi connectivity index (χ0n) is 11.3. The SMILES string of the molecule is COc1ccc(C2CCCC2)cc1CC(N)C(=O)O. The first-order chi connectivity index (χ1) is 9.11. The molecule has 1 fully saturated rings. The lowest BCUT2D eigenvalue weighted by atomic mass is 9.93. The van der Waals surface area contributed by atoms with Crippen LogP contribution in [0.2, 0.25) is 0 Å². The third-order valence-corrected chi connectivity index (χ3v) is 3.89. The van der Waals surface area contributed by atoms with Crippen LogP contribution in [0.1, 0.15) is 42.7 Å². The highest BCUT2D eigenvalue weighted by Gasteiger charge is 2.20. The molecule has 1 aromatic carbocycles. The Labute approximate surface area is 113 Å². The number of hydrogen-bond donors (Lipinski definition) is 2. The maximum Gasteiger partial charge on any atom is 0.320 e. The predicted octanol–water partition coefficient (Wildman–Crippen LogP) is 2.31. The molecule has 0 amide bonds. The summed E-state index contributed by atoms with van der Waals surface area (Å²) in [4.78, 5) is 10.9. The molecule has 1 aliphatic rings. The Bertz CT molecular complexity index is 453. The van der Waals surface area contributed by atoms with Crippen LogP contribution in [0.5, 0.6) is 5.75 Å². The average molecular weight is 263 g/mol. The quantitative estimate of drug-likeness (QED) is 0.855. The van der Waals surface area contributed by atoms with Crippen LogP contribution < -0.4 is 10.5 Å². The van der Waals surface area contributed by atoms with Gasteiger partial charge < -0.3 is 15.6 Å². The molecule has 0 spiro atoms. The smallest absolute Gasteiger partial charge is 0.320 e. The lowest BCUT2D eigenvalue weighted by Gasteiger charge is -2.15. The van der Waals surface area contributed by atoms with Crippen molar-refractivity contribution in [2.75, 3.05) is 7.11 Å². The monoisotopic (exact) mass is 263 g/mol. The van der Waals surface area contributed by atoms with Crippen molar-refractivity contribution in [1.82, 2.24) is 0 Å². The first-order valence-electron chi connectivity index (χ1n) is 6.77. The molecule has 1 unspecified atom stereocenters. The molecule has 1 saturated carbocycles. The predicted molar refractivity (Wildman–Crippen MR) is 73.5 cm³/mol. The fraction of sp³-hybridized carbons (Fsp3) is 0.533. The molecule has 4 nitrogen and oxygen atoms in total. The number of ether oxygens (including phenoxy) is 1. The summed E-state index contributed by atoms with van der Waals surface area (Å²) >= 11 is 0. The maximum absolute atomic E-state index is 10.9. The van der Waals surface area contributed by atoms with E-state index in [9.17, 15) is 4.79 Å². The Morgan fingerprint density at radius 3 is 2.74 bits per heavy atom. The average Bonchev–Trinajstić information content (AvgIpc) is 2.92. The molecule has 0 radical (unpaired) electrons. The summed E-state index contributed by atoms with van der Waals surface area (Å²) in [6, 6.07) is 5.20. The normalized spacial score (nSPS) is 17.4. The number of carboxylic acid groups (broad SMARTS) is 1. The van der Waals surface area contributed by atoms with Crippen LogP contribution in [0.25, 0.3) is 0 Å². The summed E-state index contributed by atoms with van der Waals surface area (Å²) < 4.78 is 5.30. The second-order valence-electron chi connectivity index (χ2n) is 5.20. The van der Waals surface area contributed by atoms with Crippen molar-refractivity contribution in [3.8, 4) is 5.75 Å². The van der Waals surface area contributed by atoms with Crippen LogP contribution >= 0.6 is 0 Å².